The summed E-state index contributed by atoms with van der Waals surface area (Å²) in [7, 11) is 1.96. The van der Waals surface area contributed by atoms with Crippen LogP contribution in [0, 0.1) is 0 Å². The summed E-state index contributed by atoms with van der Waals surface area (Å²) in [5.41, 5.74) is 1.02. The predicted octanol–water partition coefficient (Wildman–Crippen LogP) is 1.41. The van der Waals surface area contributed by atoms with Crippen molar-refractivity contribution < 1.29 is 4.79 Å². The highest BCUT2D eigenvalue weighted by molar-refractivity contribution is 5.76. The van der Waals surface area contributed by atoms with Crippen LogP contribution in [0.2, 0.25) is 0 Å². The molecule has 2 aromatic rings. The van der Waals surface area contributed by atoms with Gasteiger partial charge >= 0.3 is 0 Å². The van der Waals surface area contributed by atoms with Crippen molar-refractivity contribution in [1.29, 1.82) is 0 Å². The van der Waals surface area contributed by atoms with Crippen molar-refractivity contribution in [2.24, 2.45) is 0 Å². The zero-order chi connectivity index (χ0) is 16.1. The molecule has 122 valence electrons. The van der Waals surface area contributed by atoms with Crippen LogP contribution in [0.5, 0.6) is 0 Å². The van der Waals surface area contributed by atoms with E-state index in [1.807, 2.05) is 46.8 Å². The quantitative estimate of drug-likeness (QED) is 0.906. The van der Waals surface area contributed by atoms with Crippen molar-refractivity contribution in [3.05, 3.63) is 42.5 Å². The predicted molar refractivity (Wildman–Crippen MR) is 88.3 cm³/mol. The molecule has 1 aromatic heterocycles. The first-order chi connectivity index (χ1) is 11.3. The summed E-state index contributed by atoms with van der Waals surface area (Å²) in [6.07, 6.45) is 4.99. The van der Waals surface area contributed by atoms with Crippen molar-refractivity contribution in [1.82, 2.24) is 25.0 Å². The summed E-state index contributed by atoms with van der Waals surface area (Å²) in [6.45, 7) is 1.67. The van der Waals surface area contributed by atoms with Crippen LogP contribution in [0.15, 0.2) is 36.7 Å². The molecule has 1 aliphatic rings. The fourth-order valence-electron chi connectivity index (χ4n) is 3.05. The Hall–Kier alpha value is -2.21. The molecule has 23 heavy (non-hydrogen) atoms. The van der Waals surface area contributed by atoms with Gasteiger partial charge in [-0.1, -0.05) is 18.2 Å². The molecule has 3 rings (SSSR count). The lowest BCUT2D eigenvalue weighted by Gasteiger charge is -2.32. The molecular formula is C17H23N5O. The lowest BCUT2D eigenvalue weighted by atomic mass is 10.1. The normalized spacial score (nSPS) is 18.1. The number of hydrogen-bond donors (Lipinski definition) is 1. The summed E-state index contributed by atoms with van der Waals surface area (Å²) < 4.78 is 1.94. The van der Waals surface area contributed by atoms with Gasteiger partial charge in [0, 0.05) is 37.7 Å². The average Bonchev–Trinajstić information content (AvgIpc) is 3.09. The topological polar surface area (TPSA) is 63.1 Å². The average molecular weight is 313 g/mol. The first-order valence-corrected chi connectivity index (χ1v) is 8.17. The molecular weight excluding hydrogens is 290 g/mol. The number of piperidine rings is 1. The van der Waals surface area contributed by atoms with Crippen LogP contribution < -0.4 is 5.32 Å². The van der Waals surface area contributed by atoms with Gasteiger partial charge in [0.2, 0.25) is 5.91 Å². The zero-order valence-electron chi connectivity index (χ0n) is 13.5. The van der Waals surface area contributed by atoms with Gasteiger partial charge in [-0.15, -0.1) is 10.2 Å². The minimum atomic E-state index is 0.201. The monoisotopic (exact) mass is 313 g/mol. The van der Waals surface area contributed by atoms with Crippen molar-refractivity contribution >= 4 is 5.91 Å². The number of amides is 1. The highest BCUT2D eigenvalue weighted by Gasteiger charge is 2.22. The highest BCUT2D eigenvalue weighted by Crippen LogP contribution is 2.14. The van der Waals surface area contributed by atoms with E-state index in [9.17, 15) is 4.79 Å². The minimum absolute atomic E-state index is 0.201. The second kappa shape index (κ2) is 7.37. The first kappa shape index (κ1) is 15.7. The number of hydrogen-bond acceptors (Lipinski definition) is 4. The Morgan fingerprint density at radius 2 is 2.17 bits per heavy atom. The molecule has 6 nitrogen and oxygen atoms in total. The Balaban J connectivity index is 1.61. The molecule has 0 aliphatic carbocycles. The number of para-hydroxylation sites is 1. The number of carbonyl (C=O) groups is 1. The van der Waals surface area contributed by atoms with Gasteiger partial charge in [0.25, 0.3) is 0 Å². The van der Waals surface area contributed by atoms with Crippen LogP contribution in [-0.4, -0.2) is 51.8 Å². The van der Waals surface area contributed by atoms with E-state index in [4.69, 9.17) is 0 Å². The van der Waals surface area contributed by atoms with Gasteiger partial charge in [-0.3, -0.25) is 9.36 Å². The van der Waals surface area contributed by atoms with Gasteiger partial charge < -0.3 is 10.2 Å². The molecule has 1 aromatic carbocycles. The van der Waals surface area contributed by atoms with Crippen LogP contribution >= 0.6 is 0 Å². The van der Waals surface area contributed by atoms with Crippen molar-refractivity contribution in [3.8, 4) is 5.69 Å². The van der Waals surface area contributed by atoms with E-state index >= 15 is 0 Å². The van der Waals surface area contributed by atoms with Gasteiger partial charge in [0.1, 0.15) is 12.2 Å². The Labute approximate surface area is 136 Å². The molecule has 1 atom stereocenters. The van der Waals surface area contributed by atoms with E-state index in [2.05, 4.69) is 15.5 Å². The van der Waals surface area contributed by atoms with E-state index in [0.29, 0.717) is 18.9 Å². The second-order valence-electron chi connectivity index (χ2n) is 5.92. The van der Waals surface area contributed by atoms with Crippen LogP contribution in [0.1, 0.15) is 25.1 Å². The molecule has 0 bridgehead atoms. The second-order valence-corrected chi connectivity index (χ2v) is 5.92. The van der Waals surface area contributed by atoms with E-state index < -0.39 is 0 Å². The van der Waals surface area contributed by atoms with Crippen LogP contribution in [0.3, 0.4) is 0 Å². The number of rotatable bonds is 5. The maximum absolute atomic E-state index is 12.4. The Bertz CT molecular complexity index is 639. The van der Waals surface area contributed by atoms with Crippen LogP contribution in [0.4, 0.5) is 0 Å². The van der Waals surface area contributed by atoms with E-state index in [0.717, 1.165) is 37.4 Å². The lowest BCUT2D eigenvalue weighted by molar-refractivity contribution is -0.132. The molecule has 1 saturated heterocycles. The molecule has 2 heterocycles. The molecule has 6 heteroatoms. The summed E-state index contributed by atoms with van der Waals surface area (Å²) in [6, 6.07) is 10.4. The number of likely N-dealkylation sites (N-methyl/N-ethyl adjacent to an activating group) is 1. The van der Waals surface area contributed by atoms with Gasteiger partial charge in [-0.2, -0.15) is 0 Å². The van der Waals surface area contributed by atoms with Gasteiger partial charge in [-0.05, 0) is 32.0 Å². The third-order valence-corrected chi connectivity index (χ3v) is 4.40. The molecule has 0 unspecified atom stereocenters. The Kier molecular flexibility index (Phi) is 5.02. The largest absolute Gasteiger partial charge is 0.341 e. The molecule has 0 radical (unpaired) electrons. The summed E-state index contributed by atoms with van der Waals surface area (Å²) in [4.78, 5) is 14.4. The maximum atomic E-state index is 12.4. The van der Waals surface area contributed by atoms with Crippen molar-refractivity contribution in [2.75, 3.05) is 20.1 Å². The third-order valence-electron chi connectivity index (χ3n) is 4.40. The fraction of sp³-hybridized carbons (Fsp3) is 0.471. The first-order valence-electron chi connectivity index (χ1n) is 8.17. The molecule has 0 saturated carbocycles. The number of benzene rings is 1. The zero-order valence-corrected chi connectivity index (χ0v) is 13.5. The number of likely N-dealkylation sites (tertiary alicyclic amines) is 1. The standard InChI is InChI=1S/C17H23N5O/c1-18-14-6-5-11-21(12-14)17(23)10-9-16-20-19-13-22(16)15-7-3-2-4-8-15/h2-4,7-8,13-14,18H,5-6,9-12H2,1H3/t14-/m0/s1. The molecule has 1 N–H and O–H groups in total. The van der Waals surface area contributed by atoms with Gasteiger partial charge in [0.15, 0.2) is 0 Å². The summed E-state index contributed by atoms with van der Waals surface area (Å²) >= 11 is 0. The number of nitrogens with zero attached hydrogens (tertiary/aromatic N) is 4. The summed E-state index contributed by atoms with van der Waals surface area (Å²) in [5.74, 6) is 1.03. The number of carbonyl (C=O) groups excluding carboxylic acids is 1. The SMILES string of the molecule is CN[C@H]1CCCN(C(=O)CCc2nncn2-c2ccccc2)C1. The highest BCUT2D eigenvalue weighted by atomic mass is 16.2. The van der Waals surface area contributed by atoms with Crippen LogP contribution in [0.25, 0.3) is 5.69 Å². The Morgan fingerprint density at radius 3 is 2.96 bits per heavy atom. The third kappa shape index (κ3) is 3.76. The van der Waals surface area contributed by atoms with Crippen LogP contribution in [-0.2, 0) is 11.2 Å². The minimum Gasteiger partial charge on any atom is -0.341 e. The van der Waals surface area contributed by atoms with Gasteiger partial charge in [-0.25, -0.2) is 0 Å². The Morgan fingerprint density at radius 1 is 1.35 bits per heavy atom. The lowest BCUT2D eigenvalue weighted by Crippen LogP contribution is -2.47. The summed E-state index contributed by atoms with van der Waals surface area (Å²) in [5, 5.41) is 11.4. The molecule has 1 aliphatic heterocycles. The molecule has 0 spiro atoms. The van der Waals surface area contributed by atoms with Crippen molar-refractivity contribution in [2.45, 2.75) is 31.7 Å². The number of aryl methyl sites for hydroxylation is 1. The van der Waals surface area contributed by atoms with Gasteiger partial charge in [0.05, 0.1) is 0 Å². The fourth-order valence-corrected chi connectivity index (χ4v) is 3.05. The van der Waals surface area contributed by atoms with E-state index in [1.54, 1.807) is 6.33 Å². The van der Waals surface area contributed by atoms with Crippen molar-refractivity contribution in [3.63, 3.8) is 0 Å². The maximum Gasteiger partial charge on any atom is 0.223 e. The van der Waals surface area contributed by atoms with E-state index in [1.165, 1.54) is 0 Å². The number of aromatic nitrogens is 3. The molecule has 1 fully saturated rings. The smallest absolute Gasteiger partial charge is 0.223 e. The van der Waals surface area contributed by atoms with E-state index in [-0.39, 0.29) is 5.91 Å². The molecule has 1 amide bonds. The number of nitrogens with one attached hydrogen (secondary N) is 1.